The number of hydrogen-bond acceptors (Lipinski definition) is 4. The summed E-state index contributed by atoms with van der Waals surface area (Å²) in [4.78, 5) is 31.9. The van der Waals surface area contributed by atoms with Gasteiger partial charge in [-0.1, -0.05) is 48.5 Å². The van der Waals surface area contributed by atoms with Crippen LogP contribution in [0.1, 0.15) is 27.0 Å². The van der Waals surface area contributed by atoms with Crippen molar-refractivity contribution < 1.29 is 14.3 Å². The standard InChI is InChI=1S/C28H29N3O3/c1-21-10-11-26-25(16-21)31(27(32)20-34-26)19-23-8-5-9-24(17-23)28(33)30-14-12-29(13-15-30)18-22-6-3-2-4-7-22/h2-11,16-17H,12-15,18-20H2,1H3. The van der Waals surface area contributed by atoms with Crippen molar-refractivity contribution in [3.63, 3.8) is 0 Å². The monoisotopic (exact) mass is 455 g/mol. The summed E-state index contributed by atoms with van der Waals surface area (Å²) in [5.41, 5.74) is 4.74. The third-order valence-electron chi connectivity index (χ3n) is 6.48. The van der Waals surface area contributed by atoms with Gasteiger partial charge in [0.15, 0.2) is 6.61 Å². The number of nitrogens with zero attached hydrogens (tertiary/aromatic N) is 3. The summed E-state index contributed by atoms with van der Waals surface area (Å²) in [6.07, 6.45) is 0. The molecule has 0 unspecified atom stereocenters. The summed E-state index contributed by atoms with van der Waals surface area (Å²) in [6, 6.07) is 23.9. The Balaban J connectivity index is 1.25. The van der Waals surface area contributed by atoms with Crippen molar-refractivity contribution in [2.45, 2.75) is 20.0 Å². The van der Waals surface area contributed by atoms with E-state index in [0.29, 0.717) is 30.9 Å². The first-order valence-corrected chi connectivity index (χ1v) is 11.7. The van der Waals surface area contributed by atoms with Gasteiger partial charge in [-0.3, -0.25) is 14.5 Å². The zero-order valence-electron chi connectivity index (χ0n) is 19.4. The largest absolute Gasteiger partial charge is 0.482 e. The summed E-state index contributed by atoms with van der Waals surface area (Å²) in [5, 5.41) is 0. The van der Waals surface area contributed by atoms with Gasteiger partial charge in [-0.05, 0) is 47.9 Å². The third-order valence-corrected chi connectivity index (χ3v) is 6.48. The Morgan fingerprint density at radius 2 is 1.62 bits per heavy atom. The van der Waals surface area contributed by atoms with Crippen molar-refractivity contribution in [3.8, 4) is 5.75 Å². The van der Waals surface area contributed by atoms with E-state index < -0.39 is 0 Å². The minimum atomic E-state index is -0.0793. The average molecular weight is 456 g/mol. The van der Waals surface area contributed by atoms with Crippen molar-refractivity contribution in [1.29, 1.82) is 0 Å². The molecular weight excluding hydrogens is 426 g/mol. The molecule has 0 aliphatic carbocycles. The Kier molecular flexibility index (Phi) is 6.32. The Hall–Kier alpha value is -3.64. The molecule has 6 nitrogen and oxygen atoms in total. The first-order chi connectivity index (χ1) is 16.6. The van der Waals surface area contributed by atoms with Gasteiger partial charge in [-0.2, -0.15) is 0 Å². The van der Waals surface area contributed by atoms with Crippen LogP contribution in [0, 0.1) is 6.92 Å². The molecule has 5 rings (SSSR count). The molecule has 2 heterocycles. The van der Waals surface area contributed by atoms with Crippen LogP contribution in [0.15, 0.2) is 72.8 Å². The van der Waals surface area contributed by atoms with E-state index in [2.05, 4.69) is 29.2 Å². The molecular formula is C28H29N3O3. The lowest BCUT2D eigenvalue weighted by Gasteiger charge is -2.35. The van der Waals surface area contributed by atoms with Crippen LogP contribution < -0.4 is 9.64 Å². The lowest BCUT2D eigenvalue weighted by Crippen LogP contribution is -2.48. The van der Waals surface area contributed by atoms with Crippen molar-refractivity contribution in [1.82, 2.24) is 9.80 Å². The van der Waals surface area contributed by atoms with Crippen molar-refractivity contribution in [3.05, 3.63) is 95.1 Å². The number of rotatable bonds is 5. The van der Waals surface area contributed by atoms with Gasteiger partial charge in [0.1, 0.15) is 5.75 Å². The number of carbonyl (C=O) groups excluding carboxylic acids is 2. The highest BCUT2D eigenvalue weighted by atomic mass is 16.5. The number of hydrogen-bond donors (Lipinski definition) is 0. The molecule has 0 bridgehead atoms. The fourth-order valence-corrected chi connectivity index (χ4v) is 4.60. The van der Waals surface area contributed by atoms with Crippen molar-refractivity contribution >= 4 is 17.5 Å². The van der Waals surface area contributed by atoms with Gasteiger partial charge in [0.2, 0.25) is 0 Å². The van der Waals surface area contributed by atoms with Crippen LogP contribution in [-0.2, 0) is 17.9 Å². The topological polar surface area (TPSA) is 53.1 Å². The molecule has 0 atom stereocenters. The lowest BCUT2D eigenvalue weighted by atomic mass is 10.1. The zero-order chi connectivity index (χ0) is 23.5. The van der Waals surface area contributed by atoms with Crippen LogP contribution in [0.3, 0.4) is 0 Å². The first-order valence-electron chi connectivity index (χ1n) is 11.7. The molecule has 0 saturated carbocycles. The van der Waals surface area contributed by atoms with Crippen LogP contribution in [0.5, 0.6) is 5.75 Å². The molecule has 34 heavy (non-hydrogen) atoms. The summed E-state index contributed by atoms with van der Waals surface area (Å²) in [5.74, 6) is 0.681. The lowest BCUT2D eigenvalue weighted by molar-refractivity contribution is -0.121. The number of fused-ring (bicyclic) bond motifs is 1. The smallest absolute Gasteiger partial charge is 0.265 e. The molecule has 0 N–H and O–H groups in total. The van der Waals surface area contributed by atoms with Crippen LogP contribution in [0.2, 0.25) is 0 Å². The number of ether oxygens (including phenoxy) is 1. The van der Waals surface area contributed by atoms with E-state index in [1.54, 1.807) is 4.90 Å². The van der Waals surface area contributed by atoms with Crippen LogP contribution in [-0.4, -0.2) is 54.4 Å². The van der Waals surface area contributed by atoms with Crippen molar-refractivity contribution in [2.24, 2.45) is 0 Å². The molecule has 1 saturated heterocycles. The van der Waals surface area contributed by atoms with E-state index in [4.69, 9.17) is 4.74 Å². The third kappa shape index (κ3) is 4.82. The van der Waals surface area contributed by atoms with E-state index in [9.17, 15) is 9.59 Å². The first kappa shape index (κ1) is 22.2. The van der Waals surface area contributed by atoms with Gasteiger partial charge in [0.05, 0.1) is 12.2 Å². The van der Waals surface area contributed by atoms with Gasteiger partial charge >= 0.3 is 0 Å². The number of aryl methyl sites for hydroxylation is 1. The summed E-state index contributed by atoms with van der Waals surface area (Å²) in [7, 11) is 0. The summed E-state index contributed by atoms with van der Waals surface area (Å²) >= 11 is 0. The van der Waals surface area contributed by atoms with Crippen LogP contribution in [0.25, 0.3) is 0 Å². The molecule has 2 aliphatic heterocycles. The van der Waals surface area contributed by atoms with Crippen LogP contribution >= 0.6 is 0 Å². The quantitative estimate of drug-likeness (QED) is 0.586. The maximum absolute atomic E-state index is 13.2. The fourth-order valence-electron chi connectivity index (χ4n) is 4.60. The number of anilines is 1. The minimum Gasteiger partial charge on any atom is -0.482 e. The molecule has 1 fully saturated rings. The normalized spacial score (nSPS) is 16.2. The van der Waals surface area contributed by atoms with Crippen molar-refractivity contribution in [2.75, 3.05) is 37.7 Å². The minimum absolute atomic E-state index is 0.0297. The molecule has 174 valence electrons. The highest BCUT2D eigenvalue weighted by Crippen LogP contribution is 2.34. The van der Waals surface area contributed by atoms with Gasteiger partial charge in [0, 0.05) is 38.3 Å². The molecule has 0 spiro atoms. The molecule has 6 heteroatoms. The maximum Gasteiger partial charge on any atom is 0.265 e. The summed E-state index contributed by atoms with van der Waals surface area (Å²) in [6.45, 7) is 6.49. The van der Waals surface area contributed by atoms with Gasteiger partial charge < -0.3 is 14.5 Å². The number of piperazine rings is 1. The molecule has 0 aromatic heterocycles. The van der Waals surface area contributed by atoms with E-state index in [1.165, 1.54) is 5.56 Å². The van der Waals surface area contributed by atoms with Gasteiger partial charge in [-0.25, -0.2) is 0 Å². The highest BCUT2D eigenvalue weighted by molar-refractivity contribution is 5.98. The molecule has 2 amide bonds. The Labute approximate surface area is 200 Å². The van der Waals surface area contributed by atoms with E-state index >= 15 is 0 Å². The Bertz CT molecular complexity index is 1190. The summed E-state index contributed by atoms with van der Waals surface area (Å²) < 4.78 is 5.59. The molecule has 3 aromatic rings. The van der Waals surface area contributed by atoms with Crippen LogP contribution in [0.4, 0.5) is 5.69 Å². The second-order valence-corrected chi connectivity index (χ2v) is 8.99. The predicted molar refractivity (Wildman–Crippen MR) is 132 cm³/mol. The van der Waals surface area contributed by atoms with E-state index in [0.717, 1.165) is 36.4 Å². The molecule has 0 radical (unpaired) electrons. The van der Waals surface area contributed by atoms with Gasteiger partial charge in [0.25, 0.3) is 11.8 Å². The zero-order valence-corrected chi connectivity index (χ0v) is 19.4. The average Bonchev–Trinajstić information content (AvgIpc) is 2.87. The predicted octanol–water partition coefficient (Wildman–Crippen LogP) is 3.88. The highest BCUT2D eigenvalue weighted by Gasteiger charge is 2.27. The second kappa shape index (κ2) is 9.69. The Morgan fingerprint density at radius 3 is 2.41 bits per heavy atom. The second-order valence-electron chi connectivity index (χ2n) is 8.99. The number of amides is 2. The van der Waals surface area contributed by atoms with Gasteiger partial charge in [-0.15, -0.1) is 0 Å². The van der Waals surface area contributed by atoms with E-state index in [1.807, 2.05) is 60.4 Å². The maximum atomic E-state index is 13.2. The number of benzene rings is 3. The number of carbonyl (C=O) groups is 2. The fraction of sp³-hybridized carbons (Fsp3) is 0.286. The Morgan fingerprint density at radius 1 is 0.853 bits per heavy atom. The van der Waals surface area contributed by atoms with E-state index in [-0.39, 0.29) is 18.4 Å². The molecule has 2 aliphatic rings. The SMILES string of the molecule is Cc1ccc2c(c1)N(Cc1cccc(C(=O)N3CCN(Cc4ccccc4)CC3)c1)C(=O)CO2. The molecule has 3 aromatic carbocycles.